The van der Waals surface area contributed by atoms with Crippen LogP contribution in [0.25, 0.3) is 0 Å². The fraction of sp³-hybridized carbons (Fsp3) is 0.167. The predicted molar refractivity (Wildman–Crippen MR) is 91.4 cm³/mol. The average Bonchev–Trinajstić information content (AvgIpc) is 2.54. The lowest BCUT2D eigenvalue weighted by Gasteiger charge is -2.14. The molecule has 130 valence electrons. The highest BCUT2D eigenvalue weighted by atomic mass is 35.5. The largest absolute Gasteiger partial charge is 0.449 e. The third-order valence-electron chi connectivity index (χ3n) is 3.34. The van der Waals surface area contributed by atoms with Gasteiger partial charge in [0.25, 0.3) is 5.91 Å². The molecule has 5 nitrogen and oxygen atoms in total. The molecule has 0 spiro atoms. The van der Waals surface area contributed by atoms with E-state index in [1.165, 1.54) is 26.0 Å². The van der Waals surface area contributed by atoms with Crippen LogP contribution in [0.1, 0.15) is 34.6 Å². The van der Waals surface area contributed by atoms with Crippen LogP contribution in [0.4, 0.5) is 10.1 Å². The fourth-order valence-electron chi connectivity index (χ4n) is 1.99. The number of ketones is 1. The Hall–Kier alpha value is -2.73. The van der Waals surface area contributed by atoms with Gasteiger partial charge >= 0.3 is 5.97 Å². The van der Waals surface area contributed by atoms with Crippen LogP contribution in [0.5, 0.6) is 0 Å². The van der Waals surface area contributed by atoms with Crippen molar-refractivity contribution in [3.8, 4) is 0 Å². The molecule has 0 bridgehead atoms. The van der Waals surface area contributed by atoms with E-state index >= 15 is 0 Å². The molecule has 0 saturated heterocycles. The van der Waals surface area contributed by atoms with E-state index in [2.05, 4.69) is 5.32 Å². The van der Waals surface area contributed by atoms with E-state index in [1.54, 1.807) is 18.2 Å². The van der Waals surface area contributed by atoms with Crippen LogP contribution in [0.3, 0.4) is 0 Å². The molecule has 0 fully saturated rings. The number of anilines is 1. The number of hydrogen-bond acceptors (Lipinski definition) is 4. The molecule has 0 radical (unpaired) electrons. The van der Waals surface area contributed by atoms with Gasteiger partial charge in [-0.15, -0.1) is 0 Å². The Bertz CT molecular complexity index is 838. The summed E-state index contributed by atoms with van der Waals surface area (Å²) in [6.45, 7) is 2.80. The number of ether oxygens (including phenoxy) is 1. The minimum atomic E-state index is -1.12. The van der Waals surface area contributed by atoms with Crippen LogP contribution < -0.4 is 5.32 Å². The Kier molecular flexibility index (Phi) is 5.88. The summed E-state index contributed by atoms with van der Waals surface area (Å²) < 4.78 is 18.1. The van der Waals surface area contributed by atoms with E-state index in [0.717, 1.165) is 12.1 Å². The van der Waals surface area contributed by atoms with Crippen LogP contribution in [0.2, 0.25) is 5.02 Å². The summed E-state index contributed by atoms with van der Waals surface area (Å²) in [6, 6.07) is 9.61. The maximum absolute atomic E-state index is 13.0. The molecule has 1 amide bonds. The Morgan fingerprint density at radius 3 is 2.52 bits per heavy atom. The smallest absolute Gasteiger partial charge is 0.340 e. The molecule has 0 unspecified atom stereocenters. The highest BCUT2D eigenvalue weighted by Crippen LogP contribution is 2.19. The van der Waals surface area contributed by atoms with Crippen molar-refractivity contribution in [2.75, 3.05) is 5.32 Å². The Morgan fingerprint density at radius 2 is 1.88 bits per heavy atom. The molecule has 0 aliphatic heterocycles. The zero-order valence-corrected chi connectivity index (χ0v) is 14.3. The van der Waals surface area contributed by atoms with E-state index in [9.17, 15) is 18.8 Å². The number of nitrogens with one attached hydrogen (secondary N) is 1. The van der Waals surface area contributed by atoms with E-state index < -0.39 is 23.8 Å². The highest BCUT2D eigenvalue weighted by molar-refractivity contribution is 6.33. The van der Waals surface area contributed by atoms with Crippen molar-refractivity contribution in [3.63, 3.8) is 0 Å². The average molecular weight is 364 g/mol. The third-order valence-corrected chi connectivity index (χ3v) is 3.65. The van der Waals surface area contributed by atoms with Gasteiger partial charge in [-0.3, -0.25) is 9.59 Å². The van der Waals surface area contributed by atoms with Gasteiger partial charge in [-0.1, -0.05) is 23.7 Å². The molecule has 2 aromatic rings. The fourth-order valence-corrected chi connectivity index (χ4v) is 2.24. The van der Waals surface area contributed by atoms with Gasteiger partial charge in [-0.2, -0.15) is 0 Å². The number of Topliss-reactive ketones (excluding diaryl/α,β-unsaturated/α-hetero) is 1. The van der Waals surface area contributed by atoms with Gasteiger partial charge in [-0.05, 0) is 44.2 Å². The number of rotatable bonds is 5. The Balaban J connectivity index is 2.03. The second kappa shape index (κ2) is 7.90. The predicted octanol–water partition coefficient (Wildman–Crippen LogP) is 3.87. The van der Waals surface area contributed by atoms with Crippen LogP contribution in [-0.2, 0) is 9.53 Å². The van der Waals surface area contributed by atoms with E-state index in [4.69, 9.17) is 16.3 Å². The van der Waals surface area contributed by atoms with Gasteiger partial charge in [0.05, 0.1) is 10.6 Å². The topological polar surface area (TPSA) is 72.5 Å². The van der Waals surface area contributed by atoms with Crippen LogP contribution >= 0.6 is 11.6 Å². The van der Waals surface area contributed by atoms with Gasteiger partial charge in [0, 0.05) is 11.3 Å². The number of esters is 1. The lowest BCUT2D eigenvalue weighted by molar-refractivity contribution is -0.123. The Labute approximate surface area is 148 Å². The summed E-state index contributed by atoms with van der Waals surface area (Å²) in [4.78, 5) is 35.5. The highest BCUT2D eigenvalue weighted by Gasteiger charge is 2.21. The maximum atomic E-state index is 13.0. The maximum Gasteiger partial charge on any atom is 0.340 e. The second-order valence-corrected chi connectivity index (χ2v) is 5.71. The van der Waals surface area contributed by atoms with Crippen molar-refractivity contribution in [2.24, 2.45) is 0 Å². The van der Waals surface area contributed by atoms with Gasteiger partial charge in [0.15, 0.2) is 11.9 Å². The number of amides is 1. The zero-order valence-electron chi connectivity index (χ0n) is 13.5. The summed E-state index contributed by atoms with van der Waals surface area (Å²) >= 11 is 5.79. The van der Waals surface area contributed by atoms with E-state index in [0.29, 0.717) is 11.3 Å². The van der Waals surface area contributed by atoms with Crippen molar-refractivity contribution >= 4 is 34.9 Å². The minimum absolute atomic E-state index is 0.0405. The first-order chi connectivity index (χ1) is 11.8. The normalized spacial score (nSPS) is 11.5. The van der Waals surface area contributed by atoms with Crippen LogP contribution in [0.15, 0.2) is 42.5 Å². The molecule has 2 aromatic carbocycles. The molecule has 1 N–H and O–H groups in total. The van der Waals surface area contributed by atoms with E-state index in [-0.39, 0.29) is 16.4 Å². The second-order valence-electron chi connectivity index (χ2n) is 5.30. The molecule has 0 aliphatic carbocycles. The SMILES string of the molecule is CC(=O)c1cccc(NC(=O)[C@@H](C)OC(=O)c2ccc(F)cc2Cl)c1. The molecular weight excluding hydrogens is 349 g/mol. The number of carbonyl (C=O) groups excluding carboxylic acids is 3. The molecular formula is C18H15ClFNO4. The summed E-state index contributed by atoms with van der Waals surface area (Å²) in [6.07, 6.45) is -1.12. The number of carbonyl (C=O) groups is 3. The van der Waals surface area contributed by atoms with Gasteiger partial charge in [0.1, 0.15) is 5.82 Å². The van der Waals surface area contributed by atoms with Crippen LogP contribution in [0, 0.1) is 5.82 Å². The van der Waals surface area contributed by atoms with Crippen molar-refractivity contribution in [3.05, 3.63) is 64.4 Å². The minimum Gasteiger partial charge on any atom is -0.449 e. The van der Waals surface area contributed by atoms with E-state index in [1.807, 2.05) is 0 Å². The van der Waals surface area contributed by atoms with Crippen molar-refractivity contribution in [2.45, 2.75) is 20.0 Å². The summed E-state index contributed by atoms with van der Waals surface area (Å²) in [7, 11) is 0. The molecule has 1 atom stereocenters. The van der Waals surface area contributed by atoms with Gasteiger partial charge < -0.3 is 10.1 Å². The molecule has 7 heteroatoms. The number of halogens is 2. The van der Waals surface area contributed by atoms with Gasteiger partial charge in [0.2, 0.25) is 0 Å². The first-order valence-corrected chi connectivity index (χ1v) is 7.73. The van der Waals surface area contributed by atoms with Crippen molar-refractivity contribution < 1.29 is 23.5 Å². The number of benzene rings is 2. The standard InChI is InChI=1S/C18H15ClFNO4/c1-10(22)12-4-3-5-14(8-12)21-17(23)11(2)25-18(24)15-7-6-13(20)9-16(15)19/h3-9,11H,1-2H3,(H,21,23)/t11-/m1/s1. The number of hydrogen-bond donors (Lipinski definition) is 1. The molecule has 0 saturated carbocycles. The monoisotopic (exact) mass is 363 g/mol. The van der Waals surface area contributed by atoms with Crippen LogP contribution in [-0.4, -0.2) is 23.8 Å². The summed E-state index contributed by atoms with van der Waals surface area (Å²) in [5.41, 5.74) is 0.808. The van der Waals surface area contributed by atoms with Crippen molar-refractivity contribution in [1.82, 2.24) is 0 Å². The lowest BCUT2D eigenvalue weighted by atomic mass is 10.1. The lowest BCUT2D eigenvalue weighted by Crippen LogP contribution is -2.30. The molecule has 0 aliphatic rings. The first kappa shape index (κ1) is 18.6. The third kappa shape index (κ3) is 4.87. The molecule has 25 heavy (non-hydrogen) atoms. The molecule has 0 heterocycles. The summed E-state index contributed by atoms with van der Waals surface area (Å²) in [5, 5.41) is 2.45. The first-order valence-electron chi connectivity index (χ1n) is 7.36. The van der Waals surface area contributed by atoms with Gasteiger partial charge in [-0.25, -0.2) is 9.18 Å². The molecule has 2 rings (SSSR count). The Morgan fingerprint density at radius 1 is 1.16 bits per heavy atom. The summed E-state index contributed by atoms with van der Waals surface area (Å²) in [5.74, 6) is -2.14. The quantitative estimate of drug-likeness (QED) is 0.646. The zero-order chi connectivity index (χ0) is 18.6. The molecule has 0 aromatic heterocycles. The van der Waals surface area contributed by atoms with Crippen molar-refractivity contribution in [1.29, 1.82) is 0 Å².